The Morgan fingerprint density at radius 3 is 2.73 bits per heavy atom. The van der Waals surface area contributed by atoms with E-state index in [2.05, 4.69) is 10.2 Å². The van der Waals surface area contributed by atoms with E-state index in [-0.39, 0.29) is 12.1 Å². The van der Waals surface area contributed by atoms with Crippen LogP contribution in [0.5, 0.6) is 0 Å². The van der Waals surface area contributed by atoms with Crippen molar-refractivity contribution in [2.45, 2.75) is 45.4 Å². The zero-order chi connectivity index (χ0) is 16.3. The molecule has 1 unspecified atom stereocenters. The Balaban J connectivity index is 1.82. The summed E-state index contributed by atoms with van der Waals surface area (Å²) >= 11 is 12.0. The molecule has 1 saturated heterocycles. The zero-order valence-corrected chi connectivity index (χ0v) is 14.7. The molecule has 1 aliphatic heterocycles. The number of alkyl carbamates (subject to hydrolysis) is 1. The van der Waals surface area contributed by atoms with Gasteiger partial charge in [0.25, 0.3) is 0 Å². The molecule has 1 heterocycles. The fourth-order valence-corrected chi connectivity index (χ4v) is 2.79. The zero-order valence-electron chi connectivity index (χ0n) is 13.2. The van der Waals surface area contributed by atoms with Crippen LogP contribution in [0.15, 0.2) is 18.2 Å². The minimum absolute atomic E-state index is 0.123. The van der Waals surface area contributed by atoms with Gasteiger partial charge in [0.05, 0.1) is 10.0 Å². The van der Waals surface area contributed by atoms with Crippen molar-refractivity contribution in [1.82, 2.24) is 10.2 Å². The summed E-state index contributed by atoms with van der Waals surface area (Å²) in [5, 5.41) is 4.06. The average Bonchev–Trinajstić information content (AvgIpc) is 2.78. The minimum Gasteiger partial charge on any atom is -0.444 e. The third kappa shape index (κ3) is 5.34. The van der Waals surface area contributed by atoms with Gasteiger partial charge >= 0.3 is 6.09 Å². The van der Waals surface area contributed by atoms with Gasteiger partial charge in [-0.2, -0.15) is 0 Å². The molecule has 2 rings (SSSR count). The number of hydrogen-bond acceptors (Lipinski definition) is 3. The molecular weight excluding hydrogens is 323 g/mol. The molecule has 1 N–H and O–H groups in total. The van der Waals surface area contributed by atoms with Gasteiger partial charge in [-0.3, -0.25) is 4.90 Å². The van der Waals surface area contributed by atoms with Crippen LogP contribution in [0.3, 0.4) is 0 Å². The molecule has 0 saturated carbocycles. The van der Waals surface area contributed by atoms with E-state index >= 15 is 0 Å². The van der Waals surface area contributed by atoms with Crippen molar-refractivity contribution in [2.75, 3.05) is 13.1 Å². The van der Waals surface area contributed by atoms with Crippen molar-refractivity contribution >= 4 is 29.3 Å². The van der Waals surface area contributed by atoms with Crippen LogP contribution < -0.4 is 5.32 Å². The number of rotatable bonds is 3. The molecule has 4 nitrogen and oxygen atoms in total. The summed E-state index contributed by atoms with van der Waals surface area (Å²) in [6, 6.07) is 5.80. The summed E-state index contributed by atoms with van der Waals surface area (Å²) in [7, 11) is 0. The normalized spacial score (nSPS) is 19.2. The highest BCUT2D eigenvalue weighted by molar-refractivity contribution is 6.42. The van der Waals surface area contributed by atoms with E-state index in [9.17, 15) is 4.79 Å². The summed E-state index contributed by atoms with van der Waals surface area (Å²) in [4.78, 5) is 14.1. The molecule has 0 aliphatic carbocycles. The van der Waals surface area contributed by atoms with Crippen LogP contribution >= 0.6 is 23.2 Å². The van der Waals surface area contributed by atoms with E-state index in [1.54, 1.807) is 0 Å². The summed E-state index contributed by atoms with van der Waals surface area (Å²) in [6.45, 7) is 8.11. The third-order valence-corrected chi connectivity index (χ3v) is 4.12. The van der Waals surface area contributed by atoms with Crippen molar-refractivity contribution in [3.63, 3.8) is 0 Å². The molecule has 1 aromatic rings. The number of ether oxygens (including phenoxy) is 1. The Morgan fingerprint density at radius 1 is 1.36 bits per heavy atom. The maximum Gasteiger partial charge on any atom is 0.407 e. The molecule has 1 aliphatic rings. The quantitative estimate of drug-likeness (QED) is 0.897. The lowest BCUT2D eigenvalue weighted by atomic mass is 10.2. The first-order valence-corrected chi connectivity index (χ1v) is 8.14. The lowest BCUT2D eigenvalue weighted by molar-refractivity contribution is 0.0506. The Labute approximate surface area is 141 Å². The van der Waals surface area contributed by atoms with Gasteiger partial charge in [0.2, 0.25) is 0 Å². The number of likely N-dealkylation sites (tertiary alicyclic amines) is 1. The maximum atomic E-state index is 11.8. The smallest absolute Gasteiger partial charge is 0.407 e. The van der Waals surface area contributed by atoms with Gasteiger partial charge in [0.15, 0.2) is 0 Å². The van der Waals surface area contributed by atoms with Gasteiger partial charge in [0, 0.05) is 25.7 Å². The predicted molar refractivity (Wildman–Crippen MR) is 89.5 cm³/mol. The first-order chi connectivity index (χ1) is 10.2. The van der Waals surface area contributed by atoms with Crippen LogP contribution in [0.1, 0.15) is 32.8 Å². The first-order valence-electron chi connectivity index (χ1n) is 7.39. The van der Waals surface area contributed by atoms with Crippen LogP contribution in [-0.4, -0.2) is 35.7 Å². The van der Waals surface area contributed by atoms with Crippen LogP contribution in [0, 0.1) is 0 Å². The lowest BCUT2D eigenvalue weighted by Crippen LogP contribution is -2.40. The van der Waals surface area contributed by atoms with Crippen LogP contribution in [0.2, 0.25) is 10.0 Å². The molecule has 6 heteroatoms. The number of carbonyl (C=O) groups excluding carboxylic acids is 1. The minimum atomic E-state index is -0.470. The Bertz CT molecular complexity index is 543. The summed E-state index contributed by atoms with van der Waals surface area (Å²) in [5.74, 6) is 0. The van der Waals surface area contributed by atoms with Crippen molar-refractivity contribution in [3.05, 3.63) is 33.8 Å². The van der Waals surface area contributed by atoms with Gasteiger partial charge in [0.1, 0.15) is 5.60 Å². The molecule has 0 radical (unpaired) electrons. The molecule has 1 aromatic carbocycles. The number of carbonyl (C=O) groups is 1. The molecule has 1 amide bonds. The summed E-state index contributed by atoms with van der Waals surface area (Å²) in [6.07, 6.45) is 0.564. The maximum absolute atomic E-state index is 11.8. The highest BCUT2D eigenvalue weighted by Gasteiger charge is 2.26. The van der Waals surface area contributed by atoms with Gasteiger partial charge in [-0.1, -0.05) is 29.3 Å². The van der Waals surface area contributed by atoms with Crippen LogP contribution in [0.4, 0.5) is 4.79 Å². The second-order valence-corrected chi connectivity index (χ2v) is 7.43. The van der Waals surface area contributed by atoms with Gasteiger partial charge < -0.3 is 10.1 Å². The molecule has 0 bridgehead atoms. The van der Waals surface area contributed by atoms with E-state index < -0.39 is 5.60 Å². The molecule has 22 heavy (non-hydrogen) atoms. The molecular formula is C16H22Cl2N2O2. The Hall–Kier alpha value is -0.970. The number of nitrogens with one attached hydrogen (secondary N) is 1. The fourth-order valence-electron chi connectivity index (χ4n) is 2.46. The first kappa shape index (κ1) is 17.4. The molecule has 1 atom stereocenters. The van der Waals surface area contributed by atoms with E-state index in [4.69, 9.17) is 27.9 Å². The summed E-state index contributed by atoms with van der Waals surface area (Å²) < 4.78 is 5.28. The third-order valence-electron chi connectivity index (χ3n) is 3.38. The number of halogens is 2. The van der Waals surface area contributed by atoms with Crippen molar-refractivity contribution in [3.8, 4) is 0 Å². The van der Waals surface area contributed by atoms with Crippen LogP contribution in [0.25, 0.3) is 0 Å². The van der Waals surface area contributed by atoms with Crippen LogP contribution in [-0.2, 0) is 11.3 Å². The van der Waals surface area contributed by atoms with Crippen molar-refractivity contribution < 1.29 is 9.53 Å². The molecule has 0 aromatic heterocycles. The lowest BCUT2D eigenvalue weighted by Gasteiger charge is -2.22. The highest BCUT2D eigenvalue weighted by atomic mass is 35.5. The van der Waals surface area contributed by atoms with Gasteiger partial charge in [-0.15, -0.1) is 0 Å². The SMILES string of the molecule is CC(C)(C)OC(=O)NC1CCN(Cc2ccc(Cl)c(Cl)c2)C1. The number of benzene rings is 1. The average molecular weight is 345 g/mol. The monoisotopic (exact) mass is 344 g/mol. The van der Waals surface area contributed by atoms with E-state index in [1.165, 1.54) is 0 Å². The fraction of sp³-hybridized carbons (Fsp3) is 0.562. The second kappa shape index (κ2) is 7.07. The highest BCUT2D eigenvalue weighted by Crippen LogP contribution is 2.24. The Kier molecular flexibility index (Phi) is 5.59. The molecule has 1 fully saturated rings. The topological polar surface area (TPSA) is 41.6 Å². The second-order valence-electron chi connectivity index (χ2n) is 6.62. The molecule has 122 valence electrons. The number of nitrogens with zero attached hydrogens (tertiary/aromatic N) is 1. The Morgan fingerprint density at radius 2 is 2.09 bits per heavy atom. The van der Waals surface area contributed by atoms with E-state index in [1.807, 2.05) is 39.0 Å². The largest absolute Gasteiger partial charge is 0.444 e. The van der Waals surface area contributed by atoms with E-state index in [0.29, 0.717) is 10.0 Å². The van der Waals surface area contributed by atoms with Crippen molar-refractivity contribution in [1.29, 1.82) is 0 Å². The van der Waals surface area contributed by atoms with E-state index in [0.717, 1.165) is 31.6 Å². The van der Waals surface area contributed by atoms with Gasteiger partial charge in [-0.25, -0.2) is 4.79 Å². The number of amides is 1. The standard InChI is InChI=1S/C16H22Cl2N2O2/c1-16(2,3)22-15(21)19-12-6-7-20(10-12)9-11-4-5-13(17)14(18)8-11/h4-5,8,12H,6-7,9-10H2,1-3H3,(H,19,21). The van der Waals surface area contributed by atoms with Crippen molar-refractivity contribution in [2.24, 2.45) is 0 Å². The summed E-state index contributed by atoms with van der Waals surface area (Å²) in [5.41, 5.74) is 0.648. The predicted octanol–water partition coefficient (Wildman–Crippen LogP) is 4.09. The molecule has 0 spiro atoms. The number of hydrogen-bond donors (Lipinski definition) is 1. The van der Waals surface area contributed by atoms with Gasteiger partial charge in [-0.05, 0) is 44.9 Å².